The number of hydrogen-bond acceptors (Lipinski definition) is 6. The molecule has 0 atom stereocenters. The standard InChI is InChI=1S/C19H27N5O2S2/c1-12-14(3)28-17(16(12)18(25)26-5)21-19(27)24-8-6-23(7-9-24)11-15-10-20-22(4)13(15)2/h10H,6-9,11H2,1-5H3,(H,21,27). The number of carbonyl (C=O) groups excluding carboxylic acids is 1. The molecule has 0 radical (unpaired) electrons. The number of aromatic nitrogens is 2. The van der Waals surface area contributed by atoms with Crippen molar-refractivity contribution in [2.75, 3.05) is 38.6 Å². The molecule has 9 heteroatoms. The Hall–Kier alpha value is -1.97. The molecule has 1 fully saturated rings. The largest absolute Gasteiger partial charge is 0.465 e. The van der Waals surface area contributed by atoms with Crippen LogP contribution in [0.4, 0.5) is 5.00 Å². The van der Waals surface area contributed by atoms with E-state index < -0.39 is 0 Å². The van der Waals surface area contributed by atoms with Crippen LogP contribution in [0.2, 0.25) is 0 Å². The quantitative estimate of drug-likeness (QED) is 0.602. The number of carbonyl (C=O) groups is 1. The van der Waals surface area contributed by atoms with Crippen molar-refractivity contribution >= 4 is 39.6 Å². The summed E-state index contributed by atoms with van der Waals surface area (Å²) >= 11 is 7.16. The lowest BCUT2D eigenvalue weighted by molar-refractivity contribution is 0.0601. The van der Waals surface area contributed by atoms with E-state index >= 15 is 0 Å². The molecule has 0 bridgehead atoms. The summed E-state index contributed by atoms with van der Waals surface area (Å²) in [5.41, 5.74) is 4.00. The first-order valence-corrected chi connectivity index (χ1v) is 10.5. The zero-order valence-corrected chi connectivity index (χ0v) is 18.7. The Bertz CT molecular complexity index is 881. The van der Waals surface area contributed by atoms with Gasteiger partial charge in [0.2, 0.25) is 0 Å². The summed E-state index contributed by atoms with van der Waals surface area (Å²) in [5, 5.41) is 9.02. The SMILES string of the molecule is COC(=O)c1c(NC(=S)N2CCN(Cc3cnn(C)c3C)CC2)sc(C)c1C. The highest BCUT2D eigenvalue weighted by Gasteiger charge is 2.24. The fraction of sp³-hybridized carbons (Fsp3) is 0.526. The van der Waals surface area contributed by atoms with Gasteiger partial charge in [0, 0.05) is 55.9 Å². The Balaban J connectivity index is 1.59. The molecule has 0 unspecified atom stereocenters. The second-order valence-corrected chi connectivity index (χ2v) is 8.66. The van der Waals surface area contributed by atoms with Crippen LogP contribution in [0.3, 0.4) is 0 Å². The molecule has 1 aliphatic heterocycles. The van der Waals surface area contributed by atoms with Crippen LogP contribution in [-0.2, 0) is 18.3 Å². The van der Waals surface area contributed by atoms with E-state index in [4.69, 9.17) is 17.0 Å². The maximum Gasteiger partial charge on any atom is 0.341 e. The highest BCUT2D eigenvalue weighted by molar-refractivity contribution is 7.80. The Labute approximate surface area is 175 Å². The summed E-state index contributed by atoms with van der Waals surface area (Å²) < 4.78 is 6.85. The van der Waals surface area contributed by atoms with Crippen LogP contribution in [0.1, 0.15) is 32.1 Å². The third kappa shape index (κ3) is 4.21. The molecule has 2 aromatic heterocycles. The minimum atomic E-state index is -0.330. The minimum Gasteiger partial charge on any atom is -0.465 e. The third-order valence-corrected chi connectivity index (χ3v) is 6.87. The number of thiocarbonyl (C=S) groups is 1. The summed E-state index contributed by atoms with van der Waals surface area (Å²) in [6.07, 6.45) is 1.95. The summed E-state index contributed by atoms with van der Waals surface area (Å²) in [4.78, 5) is 17.8. The second-order valence-electron chi connectivity index (χ2n) is 7.05. The van der Waals surface area contributed by atoms with Crippen molar-refractivity contribution in [3.8, 4) is 0 Å². The molecule has 0 aliphatic carbocycles. The molecule has 152 valence electrons. The van der Waals surface area contributed by atoms with Crippen molar-refractivity contribution in [2.24, 2.45) is 7.05 Å². The predicted octanol–water partition coefficient (Wildman–Crippen LogP) is 2.71. The first-order chi connectivity index (χ1) is 13.3. The molecule has 0 spiro atoms. The Kier molecular flexibility index (Phi) is 6.36. The highest BCUT2D eigenvalue weighted by Crippen LogP contribution is 2.33. The highest BCUT2D eigenvalue weighted by atomic mass is 32.1. The number of rotatable bonds is 4. The summed E-state index contributed by atoms with van der Waals surface area (Å²) in [5.74, 6) is -0.330. The van der Waals surface area contributed by atoms with Gasteiger partial charge in [-0.2, -0.15) is 5.10 Å². The topological polar surface area (TPSA) is 62.6 Å². The zero-order valence-electron chi connectivity index (χ0n) is 17.0. The fourth-order valence-corrected chi connectivity index (χ4v) is 4.69. The van der Waals surface area contributed by atoms with E-state index in [1.807, 2.05) is 31.8 Å². The number of piperazine rings is 1. The molecule has 0 saturated carbocycles. The van der Waals surface area contributed by atoms with Crippen molar-refractivity contribution in [3.63, 3.8) is 0 Å². The molecule has 28 heavy (non-hydrogen) atoms. The molecule has 1 N–H and O–H groups in total. The Morgan fingerprint density at radius 2 is 1.96 bits per heavy atom. The normalized spacial score (nSPS) is 15.0. The molecule has 2 aromatic rings. The van der Waals surface area contributed by atoms with Crippen molar-refractivity contribution in [2.45, 2.75) is 27.3 Å². The molecule has 3 rings (SSSR count). The number of esters is 1. The lowest BCUT2D eigenvalue weighted by Gasteiger charge is -2.36. The van der Waals surface area contributed by atoms with Crippen LogP contribution < -0.4 is 5.32 Å². The van der Waals surface area contributed by atoms with Crippen molar-refractivity contribution in [1.82, 2.24) is 19.6 Å². The summed E-state index contributed by atoms with van der Waals surface area (Å²) in [7, 11) is 3.37. The lowest BCUT2D eigenvalue weighted by atomic mass is 10.1. The van der Waals surface area contributed by atoms with Crippen molar-refractivity contribution in [3.05, 3.63) is 33.5 Å². The van der Waals surface area contributed by atoms with Crippen LogP contribution in [0.25, 0.3) is 0 Å². The molecular weight excluding hydrogens is 394 g/mol. The molecule has 0 amide bonds. The number of thiophene rings is 1. The van der Waals surface area contributed by atoms with E-state index in [1.54, 1.807) is 0 Å². The number of nitrogens with zero attached hydrogens (tertiary/aromatic N) is 4. The number of hydrogen-bond donors (Lipinski definition) is 1. The van der Waals surface area contributed by atoms with E-state index in [-0.39, 0.29) is 5.97 Å². The van der Waals surface area contributed by atoms with Gasteiger partial charge in [0.05, 0.1) is 18.9 Å². The Morgan fingerprint density at radius 1 is 1.29 bits per heavy atom. The second kappa shape index (κ2) is 8.59. The van der Waals surface area contributed by atoms with Gasteiger partial charge in [-0.05, 0) is 38.6 Å². The molecule has 1 aliphatic rings. The maximum absolute atomic E-state index is 12.1. The van der Waals surface area contributed by atoms with Gasteiger partial charge in [-0.25, -0.2) is 4.79 Å². The molecule has 3 heterocycles. The van der Waals surface area contributed by atoms with Crippen LogP contribution in [0, 0.1) is 20.8 Å². The van der Waals surface area contributed by atoms with Gasteiger partial charge in [-0.15, -0.1) is 11.3 Å². The van der Waals surface area contributed by atoms with Crippen molar-refractivity contribution < 1.29 is 9.53 Å². The fourth-order valence-electron chi connectivity index (χ4n) is 3.29. The van der Waals surface area contributed by atoms with Gasteiger partial charge in [0.25, 0.3) is 0 Å². The number of nitrogens with one attached hydrogen (secondary N) is 1. The minimum absolute atomic E-state index is 0.330. The lowest BCUT2D eigenvalue weighted by Crippen LogP contribution is -2.49. The summed E-state index contributed by atoms with van der Waals surface area (Å²) in [6, 6.07) is 0. The van der Waals surface area contributed by atoms with Crippen LogP contribution in [-0.4, -0.2) is 64.0 Å². The van der Waals surface area contributed by atoms with Crippen LogP contribution in [0.5, 0.6) is 0 Å². The van der Waals surface area contributed by atoms with Crippen LogP contribution >= 0.6 is 23.6 Å². The van der Waals surface area contributed by atoms with E-state index in [9.17, 15) is 4.79 Å². The van der Waals surface area contributed by atoms with Crippen molar-refractivity contribution in [1.29, 1.82) is 0 Å². The molecule has 0 aromatic carbocycles. The van der Waals surface area contributed by atoms with E-state index in [1.165, 1.54) is 29.7 Å². The van der Waals surface area contributed by atoms with Gasteiger partial charge in [-0.1, -0.05) is 0 Å². The van der Waals surface area contributed by atoms with Crippen LogP contribution in [0.15, 0.2) is 6.20 Å². The Morgan fingerprint density at radius 3 is 2.54 bits per heavy atom. The maximum atomic E-state index is 12.1. The zero-order chi connectivity index (χ0) is 20.4. The van der Waals surface area contributed by atoms with Gasteiger partial charge in [0.15, 0.2) is 5.11 Å². The number of ether oxygens (including phenoxy) is 1. The molecular formula is C19H27N5O2S2. The number of anilines is 1. The third-order valence-electron chi connectivity index (χ3n) is 5.39. The summed E-state index contributed by atoms with van der Waals surface area (Å²) in [6.45, 7) is 10.5. The van der Waals surface area contributed by atoms with E-state index in [2.05, 4.69) is 27.1 Å². The van der Waals surface area contributed by atoms with Gasteiger partial charge < -0.3 is 15.0 Å². The number of aryl methyl sites for hydroxylation is 2. The molecule has 7 nitrogen and oxygen atoms in total. The average molecular weight is 422 g/mol. The van der Waals surface area contributed by atoms with E-state index in [0.29, 0.717) is 10.7 Å². The average Bonchev–Trinajstić information content (AvgIpc) is 3.14. The van der Waals surface area contributed by atoms with E-state index in [0.717, 1.165) is 48.2 Å². The number of methoxy groups -OCH3 is 1. The predicted molar refractivity (Wildman–Crippen MR) is 116 cm³/mol. The monoisotopic (exact) mass is 421 g/mol. The van der Waals surface area contributed by atoms with Gasteiger partial charge in [0.1, 0.15) is 5.00 Å². The first-order valence-electron chi connectivity index (χ1n) is 9.25. The van der Waals surface area contributed by atoms with Gasteiger partial charge in [-0.3, -0.25) is 9.58 Å². The first kappa shape index (κ1) is 20.8. The smallest absolute Gasteiger partial charge is 0.341 e. The molecule has 1 saturated heterocycles. The van der Waals surface area contributed by atoms with Gasteiger partial charge >= 0.3 is 5.97 Å².